The van der Waals surface area contributed by atoms with Crippen LogP contribution in [0.3, 0.4) is 0 Å². The first-order valence-electron chi connectivity index (χ1n) is 6.25. The van der Waals surface area contributed by atoms with Gasteiger partial charge in [-0.25, -0.2) is 4.98 Å². The number of Topliss-reactive ketones (excluding diaryl/α,β-unsaturated/α-hetero) is 1. The largest absolute Gasteiger partial charge is 0.345 e. The van der Waals surface area contributed by atoms with Crippen molar-refractivity contribution in [2.24, 2.45) is 0 Å². The average Bonchev–Trinajstić information content (AvgIpc) is 2.82. The van der Waals surface area contributed by atoms with Crippen LogP contribution in [0, 0.1) is 6.92 Å². The third-order valence-electron chi connectivity index (χ3n) is 3.20. The van der Waals surface area contributed by atoms with E-state index in [-0.39, 0.29) is 5.78 Å². The van der Waals surface area contributed by atoms with Crippen molar-refractivity contribution < 1.29 is 4.79 Å². The zero-order chi connectivity index (χ0) is 13.2. The van der Waals surface area contributed by atoms with Crippen molar-refractivity contribution in [3.8, 4) is 0 Å². The smallest absolute Gasteiger partial charge is 0.169 e. The lowest BCUT2D eigenvalue weighted by atomic mass is 10.0. The molecule has 3 rings (SSSR count). The summed E-state index contributed by atoms with van der Waals surface area (Å²) in [4.78, 5) is 19.6. The standard InChI is InChI=1S/C16H14N2O/c1-11-4-2-5-12(8-11)9-15(19)14-10-18-16-13(14)6-3-7-17-16/h2-8,10H,9H2,1H3,(H,17,18). The van der Waals surface area contributed by atoms with Crippen LogP contribution < -0.4 is 0 Å². The lowest BCUT2D eigenvalue weighted by Crippen LogP contribution is -2.02. The Morgan fingerprint density at radius 1 is 1.26 bits per heavy atom. The van der Waals surface area contributed by atoms with E-state index in [9.17, 15) is 4.79 Å². The lowest BCUT2D eigenvalue weighted by Gasteiger charge is -2.01. The summed E-state index contributed by atoms with van der Waals surface area (Å²) >= 11 is 0. The van der Waals surface area contributed by atoms with Gasteiger partial charge >= 0.3 is 0 Å². The Kier molecular flexibility index (Phi) is 2.88. The van der Waals surface area contributed by atoms with Crippen molar-refractivity contribution >= 4 is 16.8 Å². The maximum Gasteiger partial charge on any atom is 0.169 e. The highest BCUT2D eigenvalue weighted by molar-refractivity contribution is 6.07. The number of aromatic nitrogens is 2. The van der Waals surface area contributed by atoms with Crippen LogP contribution in [0.15, 0.2) is 48.8 Å². The SMILES string of the molecule is Cc1cccc(CC(=O)c2c[nH]c3ncccc23)c1. The van der Waals surface area contributed by atoms with E-state index in [4.69, 9.17) is 0 Å². The molecule has 0 saturated heterocycles. The molecule has 2 aromatic heterocycles. The van der Waals surface area contributed by atoms with Gasteiger partial charge in [0.25, 0.3) is 0 Å². The van der Waals surface area contributed by atoms with E-state index in [1.54, 1.807) is 12.4 Å². The van der Waals surface area contributed by atoms with Crippen LogP contribution in [0.4, 0.5) is 0 Å². The number of H-pyrrole nitrogens is 1. The van der Waals surface area contributed by atoms with Crippen LogP contribution in [-0.4, -0.2) is 15.8 Å². The van der Waals surface area contributed by atoms with Gasteiger partial charge in [-0.2, -0.15) is 0 Å². The van der Waals surface area contributed by atoms with E-state index < -0.39 is 0 Å². The lowest BCUT2D eigenvalue weighted by molar-refractivity contribution is 0.0994. The molecule has 19 heavy (non-hydrogen) atoms. The summed E-state index contributed by atoms with van der Waals surface area (Å²) in [5.74, 6) is 0.116. The summed E-state index contributed by atoms with van der Waals surface area (Å²) in [6.45, 7) is 2.03. The molecular formula is C16H14N2O. The molecular weight excluding hydrogens is 236 g/mol. The highest BCUT2D eigenvalue weighted by Gasteiger charge is 2.12. The summed E-state index contributed by atoms with van der Waals surface area (Å²) < 4.78 is 0. The first-order valence-corrected chi connectivity index (χ1v) is 6.25. The van der Waals surface area contributed by atoms with E-state index >= 15 is 0 Å². The summed E-state index contributed by atoms with van der Waals surface area (Å²) in [5, 5.41) is 0.889. The fraction of sp³-hybridized carbons (Fsp3) is 0.125. The zero-order valence-electron chi connectivity index (χ0n) is 10.7. The molecule has 3 heteroatoms. The molecule has 0 saturated carbocycles. The molecule has 3 nitrogen and oxygen atoms in total. The van der Waals surface area contributed by atoms with Crippen LogP contribution in [0.25, 0.3) is 11.0 Å². The molecule has 0 bridgehead atoms. The van der Waals surface area contributed by atoms with Crippen LogP contribution in [0.5, 0.6) is 0 Å². The number of rotatable bonds is 3. The number of hydrogen-bond acceptors (Lipinski definition) is 2. The Bertz CT molecular complexity index is 743. The zero-order valence-corrected chi connectivity index (χ0v) is 10.7. The highest BCUT2D eigenvalue weighted by Crippen LogP contribution is 2.18. The molecule has 0 amide bonds. The number of fused-ring (bicyclic) bond motifs is 1. The van der Waals surface area contributed by atoms with Crippen molar-refractivity contribution in [3.05, 3.63) is 65.5 Å². The van der Waals surface area contributed by atoms with Crippen molar-refractivity contribution in [2.75, 3.05) is 0 Å². The molecule has 1 aromatic carbocycles. The van der Waals surface area contributed by atoms with E-state index in [2.05, 4.69) is 9.97 Å². The molecule has 0 aliphatic rings. The molecule has 0 radical (unpaired) electrons. The van der Waals surface area contributed by atoms with Gasteiger partial charge in [-0.15, -0.1) is 0 Å². The van der Waals surface area contributed by atoms with Crippen LogP contribution >= 0.6 is 0 Å². The summed E-state index contributed by atoms with van der Waals surface area (Å²) in [5.41, 5.74) is 3.69. The predicted molar refractivity (Wildman–Crippen MR) is 75.3 cm³/mol. The van der Waals surface area contributed by atoms with Gasteiger partial charge in [-0.3, -0.25) is 4.79 Å². The van der Waals surface area contributed by atoms with Crippen LogP contribution in [0.2, 0.25) is 0 Å². The predicted octanol–water partition coefficient (Wildman–Crippen LogP) is 3.30. The number of benzene rings is 1. The summed E-state index contributed by atoms with van der Waals surface area (Å²) in [6.07, 6.45) is 3.88. The second-order valence-electron chi connectivity index (χ2n) is 4.69. The monoisotopic (exact) mass is 250 g/mol. The molecule has 0 aliphatic carbocycles. The Morgan fingerprint density at radius 3 is 3.00 bits per heavy atom. The quantitative estimate of drug-likeness (QED) is 0.725. The van der Waals surface area contributed by atoms with E-state index in [1.165, 1.54) is 5.56 Å². The van der Waals surface area contributed by atoms with E-state index in [0.717, 1.165) is 16.6 Å². The number of ketones is 1. The minimum atomic E-state index is 0.116. The van der Waals surface area contributed by atoms with Gasteiger partial charge in [0.1, 0.15) is 5.65 Å². The number of nitrogens with one attached hydrogen (secondary N) is 1. The third-order valence-corrected chi connectivity index (χ3v) is 3.20. The average molecular weight is 250 g/mol. The summed E-state index contributed by atoms with van der Waals surface area (Å²) in [6, 6.07) is 11.8. The molecule has 2 heterocycles. The number of pyridine rings is 1. The van der Waals surface area contributed by atoms with Gasteiger partial charge in [-0.1, -0.05) is 29.8 Å². The Morgan fingerprint density at radius 2 is 2.16 bits per heavy atom. The maximum absolute atomic E-state index is 12.4. The van der Waals surface area contributed by atoms with Gasteiger partial charge < -0.3 is 4.98 Å². The van der Waals surface area contributed by atoms with E-state index in [0.29, 0.717) is 12.0 Å². The van der Waals surface area contributed by atoms with Crippen molar-refractivity contribution in [3.63, 3.8) is 0 Å². The fourth-order valence-electron chi connectivity index (χ4n) is 2.29. The second kappa shape index (κ2) is 4.69. The van der Waals surface area contributed by atoms with Gasteiger partial charge in [0.05, 0.1) is 0 Å². The molecule has 3 aromatic rings. The topological polar surface area (TPSA) is 45.8 Å². The Labute approximate surface area is 111 Å². The normalized spacial score (nSPS) is 10.8. The first kappa shape index (κ1) is 11.7. The molecule has 0 atom stereocenters. The van der Waals surface area contributed by atoms with Gasteiger partial charge in [-0.05, 0) is 24.6 Å². The molecule has 1 N–H and O–H groups in total. The molecule has 0 unspecified atom stereocenters. The number of aromatic amines is 1. The third kappa shape index (κ3) is 2.27. The molecule has 0 aliphatic heterocycles. The number of aryl methyl sites for hydroxylation is 1. The first-order chi connectivity index (χ1) is 9.24. The van der Waals surface area contributed by atoms with Crippen LogP contribution in [-0.2, 0) is 6.42 Å². The van der Waals surface area contributed by atoms with Gasteiger partial charge in [0.2, 0.25) is 0 Å². The van der Waals surface area contributed by atoms with Crippen molar-refractivity contribution in [1.82, 2.24) is 9.97 Å². The number of carbonyl (C=O) groups excluding carboxylic acids is 1. The maximum atomic E-state index is 12.4. The van der Waals surface area contributed by atoms with Gasteiger partial charge in [0.15, 0.2) is 5.78 Å². The minimum Gasteiger partial charge on any atom is -0.345 e. The minimum absolute atomic E-state index is 0.116. The Hall–Kier alpha value is -2.42. The highest BCUT2D eigenvalue weighted by atomic mass is 16.1. The van der Waals surface area contributed by atoms with Crippen LogP contribution in [0.1, 0.15) is 21.5 Å². The fourth-order valence-corrected chi connectivity index (χ4v) is 2.29. The number of carbonyl (C=O) groups is 1. The number of hydrogen-bond donors (Lipinski definition) is 1. The Balaban J connectivity index is 1.92. The number of nitrogens with zero attached hydrogens (tertiary/aromatic N) is 1. The molecule has 0 fully saturated rings. The second-order valence-corrected chi connectivity index (χ2v) is 4.69. The van der Waals surface area contributed by atoms with Crippen molar-refractivity contribution in [1.29, 1.82) is 0 Å². The van der Waals surface area contributed by atoms with E-state index in [1.807, 2.05) is 43.3 Å². The van der Waals surface area contributed by atoms with Gasteiger partial charge in [0, 0.05) is 29.8 Å². The van der Waals surface area contributed by atoms with Crippen molar-refractivity contribution in [2.45, 2.75) is 13.3 Å². The summed E-state index contributed by atoms with van der Waals surface area (Å²) in [7, 11) is 0. The molecule has 94 valence electrons. The molecule has 0 spiro atoms.